The number of imidazole rings is 1. The summed E-state index contributed by atoms with van der Waals surface area (Å²) in [4.78, 5) is 19.1. The molecule has 2 aromatic heterocycles. The predicted octanol–water partition coefficient (Wildman–Crippen LogP) is 1.83. The lowest BCUT2D eigenvalue weighted by Gasteiger charge is -2.04. The summed E-state index contributed by atoms with van der Waals surface area (Å²) in [6, 6.07) is 0. The van der Waals surface area contributed by atoms with E-state index in [1.54, 1.807) is 6.20 Å². The highest BCUT2D eigenvalue weighted by molar-refractivity contribution is 9.10. The molecule has 17 heavy (non-hydrogen) atoms. The summed E-state index contributed by atoms with van der Waals surface area (Å²) in [7, 11) is 0. The van der Waals surface area contributed by atoms with Crippen molar-refractivity contribution in [1.82, 2.24) is 14.4 Å². The van der Waals surface area contributed by atoms with Gasteiger partial charge in [0.25, 0.3) is 5.88 Å². The summed E-state index contributed by atoms with van der Waals surface area (Å²) >= 11 is 3.27. The van der Waals surface area contributed by atoms with E-state index in [0.29, 0.717) is 16.2 Å². The van der Waals surface area contributed by atoms with Crippen molar-refractivity contribution < 1.29 is 9.53 Å². The van der Waals surface area contributed by atoms with Gasteiger partial charge in [-0.05, 0) is 28.8 Å². The minimum absolute atomic E-state index is 0.124. The average molecular weight is 297 g/mol. The van der Waals surface area contributed by atoms with Crippen molar-refractivity contribution in [2.75, 3.05) is 0 Å². The van der Waals surface area contributed by atoms with Crippen LogP contribution in [0, 0.1) is 0 Å². The number of carbonyl (C=O) groups excluding carboxylic acids is 1. The van der Waals surface area contributed by atoms with Crippen LogP contribution in [0.1, 0.15) is 24.5 Å². The fourth-order valence-electron chi connectivity index (χ4n) is 1.80. The molecule has 1 aliphatic carbocycles. The third-order valence-corrected chi connectivity index (χ3v) is 3.04. The number of nitrogens with two attached hydrogens (primary N) is 1. The van der Waals surface area contributed by atoms with Crippen LogP contribution < -0.4 is 10.5 Å². The van der Waals surface area contributed by atoms with Gasteiger partial charge in [-0.15, -0.1) is 0 Å². The molecular formula is C10H9BrN4O2. The lowest BCUT2D eigenvalue weighted by molar-refractivity contribution is 0.209. The van der Waals surface area contributed by atoms with E-state index in [9.17, 15) is 4.79 Å². The van der Waals surface area contributed by atoms with Gasteiger partial charge in [-0.1, -0.05) is 0 Å². The molecule has 0 atom stereocenters. The smallest absolute Gasteiger partial charge is 0.387 e. The molecule has 3 rings (SSSR count). The third kappa shape index (κ3) is 1.86. The van der Waals surface area contributed by atoms with Gasteiger partial charge in [0.1, 0.15) is 4.60 Å². The number of hydrogen-bond acceptors (Lipinski definition) is 4. The second-order valence-corrected chi connectivity index (χ2v) is 4.75. The van der Waals surface area contributed by atoms with Crippen molar-refractivity contribution in [3.63, 3.8) is 0 Å². The summed E-state index contributed by atoms with van der Waals surface area (Å²) in [6.07, 6.45) is 5.03. The van der Waals surface area contributed by atoms with Crippen molar-refractivity contribution in [3.05, 3.63) is 22.7 Å². The highest BCUT2D eigenvalue weighted by atomic mass is 79.9. The van der Waals surface area contributed by atoms with Gasteiger partial charge in [0.15, 0.2) is 0 Å². The Morgan fingerprint density at radius 2 is 2.35 bits per heavy atom. The number of ether oxygens (including phenoxy) is 1. The molecule has 0 aromatic carbocycles. The highest BCUT2D eigenvalue weighted by Crippen LogP contribution is 2.40. The number of fused-ring (bicyclic) bond motifs is 1. The molecule has 0 spiro atoms. The van der Waals surface area contributed by atoms with E-state index in [1.807, 2.05) is 10.6 Å². The molecule has 7 heteroatoms. The second kappa shape index (κ2) is 3.69. The Kier molecular flexibility index (Phi) is 2.29. The fourth-order valence-corrected chi connectivity index (χ4v) is 2.16. The number of nitrogens with zero attached hydrogens (tertiary/aromatic N) is 3. The van der Waals surface area contributed by atoms with Crippen LogP contribution in [0.2, 0.25) is 0 Å². The van der Waals surface area contributed by atoms with Gasteiger partial charge < -0.3 is 10.5 Å². The number of aromatic nitrogens is 3. The molecule has 1 fully saturated rings. The molecule has 0 bridgehead atoms. The molecule has 0 radical (unpaired) electrons. The van der Waals surface area contributed by atoms with Crippen molar-refractivity contribution >= 4 is 27.7 Å². The number of halogens is 1. The Morgan fingerprint density at radius 3 is 3.00 bits per heavy atom. The van der Waals surface area contributed by atoms with E-state index < -0.39 is 6.09 Å². The third-order valence-electron chi connectivity index (χ3n) is 2.65. The van der Waals surface area contributed by atoms with Crippen LogP contribution in [-0.4, -0.2) is 20.5 Å². The van der Waals surface area contributed by atoms with Crippen LogP contribution >= 0.6 is 15.9 Å². The standard InChI is InChI=1S/C10H9BrN4O2/c11-7-4-15-6(5-1-2-5)3-13-8(15)9(14-7)17-10(12)16/h3-5H,1-2H2,(H2,12,16). The zero-order chi connectivity index (χ0) is 12.0. The van der Waals surface area contributed by atoms with E-state index in [1.165, 1.54) is 12.8 Å². The highest BCUT2D eigenvalue weighted by Gasteiger charge is 2.28. The Bertz CT molecular complexity index is 606. The largest absolute Gasteiger partial charge is 0.411 e. The molecule has 1 amide bonds. The van der Waals surface area contributed by atoms with Gasteiger partial charge in [-0.2, -0.15) is 0 Å². The molecule has 0 saturated heterocycles. The molecular weight excluding hydrogens is 288 g/mol. The first-order chi connectivity index (χ1) is 8.15. The van der Waals surface area contributed by atoms with Crippen LogP contribution in [0.15, 0.2) is 17.0 Å². The number of primary amides is 1. The van der Waals surface area contributed by atoms with Crippen LogP contribution in [0.3, 0.4) is 0 Å². The number of hydrogen-bond donors (Lipinski definition) is 1. The van der Waals surface area contributed by atoms with Crippen LogP contribution in [0.4, 0.5) is 4.79 Å². The van der Waals surface area contributed by atoms with Crippen molar-refractivity contribution in [2.45, 2.75) is 18.8 Å². The van der Waals surface area contributed by atoms with Gasteiger partial charge in [0, 0.05) is 24.0 Å². The first-order valence-electron chi connectivity index (χ1n) is 5.16. The SMILES string of the molecule is NC(=O)Oc1nc(Br)cn2c(C3CC3)cnc12. The predicted molar refractivity (Wildman–Crippen MR) is 62.9 cm³/mol. The lowest BCUT2D eigenvalue weighted by atomic mass is 10.3. The molecule has 2 aromatic rings. The second-order valence-electron chi connectivity index (χ2n) is 3.94. The zero-order valence-corrected chi connectivity index (χ0v) is 10.3. The minimum atomic E-state index is -0.895. The summed E-state index contributed by atoms with van der Waals surface area (Å²) in [5.41, 5.74) is 6.61. The molecule has 0 unspecified atom stereocenters. The fraction of sp³-hybridized carbons (Fsp3) is 0.300. The van der Waals surface area contributed by atoms with E-state index in [-0.39, 0.29) is 5.88 Å². The van der Waals surface area contributed by atoms with Crippen molar-refractivity contribution in [3.8, 4) is 5.88 Å². The quantitative estimate of drug-likeness (QED) is 0.916. The molecule has 1 aliphatic rings. The lowest BCUT2D eigenvalue weighted by Crippen LogP contribution is -2.17. The van der Waals surface area contributed by atoms with Gasteiger partial charge >= 0.3 is 6.09 Å². The summed E-state index contributed by atoms with van der Waals surface area (Å²) < 4.78 is 7.29. The van der Waals surface area contributed by atoms with E-state index in [4.69, 9.17) is 10.5 Å². The Morgan fingerprint density at radius 1 is 1.59 bits per heavy atom. The Balaban J connectivity index is 2.18. The molecule has 88 valence electrons. The minimum Gasteiger partial charge on any atom is -0.387 e. The van der Waals surface area contributed by atoms with E-state index >= 15 is 0 Å². The van der Waals surface area contributed by atoms with E-state index in [2.05, 4.69) is 25.9 Å². The summed E-state index contributed by atoms with van der Waals surface area (Å²) in [5.74, 6) is 0.666. The maximum Gasteiger partial charge on any atom is 0.411 e. The topological polar surface area (TPSA) is 82.5 Å². The molecule has 0 aliphatic heterocycles. The first kappa shape index (κ1) is 10.5. The maximum atomic E-state index is 10.8. The van der Waals surface area contributed by atoms with Gasteiger partial charge in [-0.3, -0.25) is 4.40 Å². The zero-order valence-electron chi connectivity index (χ0n) is 8.76. The van der Waals surface area contributed by atoms with Gasteiger partial charge in [0.2, 0.25) is 5.65 Å². The molecule has 6 nitrogen and oxygen atoms in total. The Hall–Kier alpha value is -1.63. The van der Waals surface area contributed by atoms with E-state index in [0.717, 1.165) is 5.69 Å². The average Bonchev–Trinajstić information content (AvgIpc) is 2.98. The molecule has 2 N–H and O–H groups in total. The number of amides is 1. The maximum absolute atomic E-state index is 10.8. The molecule has 2 heterocycles. The number of rotatable bonds is 2. The van der Waals surface area contributed by atoms with Crippen molar-refractivity contribution in [1.29, 1.82) is 0 Å². The number of carbonyl (C=O) groups is 1. The Labute approximate surface area is 105 Å². The summed E-state index contributed by atoms with van der Waals surface area (Å²) in [6.45, 7) is 0. The van der Waals surface area contributed by atoms with Crippen molar-refractivity contribution in [2.24, 2.45) is 5.73 Å². The van der Waals surface area contributed by atoms with Crippen LogP contribution in [0.5, 0.6) is 5.88 Å². The van der Waals surface area contributed by atoms with Gasteiger partial charge in [0.05, 0.1) is 0 Å². The first-order valence-corrected chi connectivity index (χ1v) is 5.95. The summed E-state index contributed by atoms with van der Waals surface area (Å²) in [5, 5.41) is 0. The monoisotopic (exact) mass is 296 g/mol. The molecule has 1 saturated carbocycles. The van der Waals surface area contributed by atoms with Gasteiger partial charge in [-0.25, -0.2) is 14.8 Å². The van der Waals surface area contributed by atoms with Crippen LogP contribution in [0.25, 0.3) is 5.65 Å². The normalized spacial score (nSPS) is 15.1. The van der Waals surface area contributed by atoms with Crippen LogP contribution in [-0.2, 0) is 0 Å².